The van der Waals surface area contributed by atoms with E-state index in [1.54, 1.807) is 0 Å². The molecule has 0 aliphatic carbocycles. The van der Waals surface area contributed by atoms with E-state index in [2.05, 4.69) is 17.5 Å². The van der Waals surface area contributed by atoms with Crippen molar-refractivity contribution in [2.45, 2.75) is 12.8 Å². The third-order valence-corrected chi connectivity index (χ3v) is 2.16. The third-order valence-electron chi connectivity index (χ3n) is 2.01. The molecule has 0 aromatic rings. The van der Waals surface area contributed by atoms with Gasteiger partial charge in [-0.1, -0.05) is 12.2 Å². The van der Waals surface area contributed by atoms with E-state index in [1.807, 2.05) is 0 Å². The number of hydrogen-bond donors (Lipinski definition) is 2. The largest absolute Gasteiger partial charge is 0.392 e. The maximum absolute atomic E-state index is 11.4. The van der Waals surface area contributed by atoms with Gasteiger partial charge in [-0.05, 0) is 12.8 Å². The number of thiocarbonyl (C=S) groups is 1. The third kappa shape index (κ3) is 2.95. The van der Waals surface area contributed by atoms with Crippen LogP contribution in [-0.2, 0) is 9.59 Å². The van der Waals surface area contributed by atoms with E-state index in [-0.39, 0.29) is 11.5 Å². The van der Waals surface area contributed by atoms with Crippen LogP contribution in [0.2, 0.25) is 0 Å². The zero-order valence-corrected chi connectivity index (χ0v) is 8.60. The molecule has 1 saturated heterocycles. The van der Waals surface area contributed by atoms with Crippen LogP contribution in [0.3, 0.4) is 0 Å². The summed E-state index contributed by atoms with van der Waals surface area (Å²) < 4.78 is 0. The first kappa shape index (κ1) is 10.9. The minimum Gasteiger partial charge on any atom is -0.392 e. The molecule has 1 fully saturated rings. The molecule has 0 aromatic heterocycles. The molecule has 0 saturated carbocycles. The molecule has 3 N–H and O–H groups in total. The molecule has 1 rings (SSSR count). The Morgan fingerprint density at radius 3 is 2.43 bits per heavy atom. The Bertz CT molecular complexity index is 261. The van der Waals surface area contributed by atoms with E-state index in [4.69, 9.17) is 5.73 Å². The summed E-state index contributed by atoms with van der Waals surface area (Å²) in [4.78, 5) is 24.3. The van der Waals surface area contributed by atoms with Crippen LogP contribution in [0, 0.1) is 0 Å². The number of nitrogens with one attached hydrogen (secondary N) is 1. The second kappa shape index (κ2) is 4.90. The van der Waals surface area contributed by atoms with Gasteiger partial charge in [-0.15, -0.1) is 0 Å². The molecule has 0 aromatic carbocycles. The minimum atomic E-state index is -0.625. The van der Waals surface area contributed by atoms with E-state index in [9.17, 15) is 9.59 Å². The van der Waals surface area contributed by atoms with Crippen LogP contribution in [0.1, 0.15) is 12.8 Å². The van der Waals surface area contributed by atoms with Gasteiger partial charge in [0.1, 0.15) is 0 Å². The minimum absolute atomic E-state index is 0.0771. The molecule has 0 radical (unpaired) electrons. The molecule has 0 bridgehead atoms. The van der Waals surface area contributed by atoms with Crippen molar-refractivity contribution >= 4 is 29.0 Å². The first-order valence-corrected chi connectivity index (χ1v) is 4.87. The fraction of sp³-hybridized carbons (Fsp3) is 0.625. The Labute approximate surface area is 87.6 Å². The summed E-state index contributed by atoms with van der Waals surface area (Å²) in [6, 6.07) is 0. The molecule has 1 aliphatic rings. The fourth-order valence-corrected chi connectivity index (χ4v) is 1.38. The standard InChI is InChI=1S/C8H13N3O2S/c9-6(14)5-10-7(12)8(13)11-3-1-2-4-11/h1-5H2,(H2,9,14)(H,10,12). The van der Waals surface area contributed by atoms with Gasteiger partial charge in [-0.25, -0.2) is 0 Å². The van der Waals surface area contributed by atoms with Gasteiger partial charge in [0.15, 0.2) is 0 Å². The highest BCUT2D eigenvalue weighted by Gasteiger charge is 2.23. The Kier molecular flexibility index (Phi) is 3.82. The molecule has 5 nitrogen and oxygen atoms in total. The summed E-state index contributed by atoms with van der Waals surface area (Å²) in [5.74, 6) is -1.11. The van der Waals surface area contributed by atoms with Gasteiger partial charge in [-0.3, -0.25) is 9.59 Å². The molecule has 0 unspecified atom stereocenters. The highest BCUT2D eigenvalue weighted by Crippen LogP contribution is 2.06. The number of nitrogens with zero attached hydrogens (tertiary/aromatic N) is 1. The van der Waals surface area contributed by atoms with Gasteiger partial charge in [0.25, 0.3) is 0 Å². The second-order valence-corrected chi connectivity index (χ2v) is 3.67. The van der Waals surface area contributed by atoms with Crippen LogP contribution in [0.4, 0.5) is 0 Å². The smallest absolute Gasteiger partial charge is 0.311 e. The van der Waals surface area contributed by atoms with E-state index < -0.39 is 11.8 Å². The highest BCUT2D eigenvalue weighted by molar-refractivity contribution is 7.80. The highest BCUT2D eigenvalue weighted by atomic mass is 32.1. The van der Waals surface area contributed by atoms with Crippen molar-refractivity contribution in [1.29, 1.82) is 0 Å². The molecular weight excluding hydrogens is 202 g/mol. The van der Waals surface area contributed by atoms with Crippen molar-refractivity contribution in [3.8, 4) is 0 Å². The molecule has 2 amide bonds. The number of amides is 2. The Balaban J connectivity index is 2.36. The van der Waals surface area contributed by atoms with E-state index in [0.29, 0.717) is 13.1 Å². The summed E-state index contributed by atoms with van der Waals surface area (Å²) in [5.41, 5.74) is 5.19. The van der Waals surface area contributed by atoms with Crippen molar-refractivity contribution in [2.24, 2.45) is 5.73 Å². The van der Waals surface area contributed by atoms with Crippen molar-refractivity contribution in [3.05, 3.63) is 0 Å². The summed E-state index contributed by atoms with van der Waals surface area (Å²) in [7, 11) is 0. The van der Waals surface area contributed by atoms with Crippen molar-refractivity contribution in [3.63, 3.8) is 0 Å². The van der Waals surface area contributed by atoms with E-state index in [0.717, 1.165) is 12.8 Å². The summed E-state index contributed by atoms with van der Waals surface area (Å²) >= 11 is 4.57. The quantitative estimate of drug-likeness (QED) is 0.458. The molecule has 1 heterocycles. The molecule has 1 aliphatic heterocycles. The van der Waals surface area contributed by atoms with E-state index >= 15 is 0 Å². The number of likely N-dealkylation sites (tertiary alicyclic amines) is 1. The van der Waals surface area contributed by atoms with Crippen LogP contribution in [0.15, 0.2) is 0 Å². The number of carbonyl (C=O) groups excluding carboxylic acids is 2. The molecule has 0 spiro atoms. The number of carbonyl (C=O) groups is 2. The average molecular weight is 215 g/mol. The van der Waals surface area contributed by atoms with E-state index in [1.165, 1.54) is 4.90 Å². The van der Waals surface area contributed by atoms with Gasteiger partial charge < -0.3 is 16.0 Å². The first-order valence-electron chi connectivity index (χ1n) is 4.46. The maximum atomic E-state index is 11.4. The van der Waals surface area contributed by atoms with Crippen molar-refractivity contribution < 1.29 is 9.59 Å². The first-order chi connectivity index (χ1) is 6.61. The number of nitrogens with two attached hydrogens (primary N) is 1. The van der Waals surface area contributed by atoms with Crippen LogP contribution < -0.4 is 11.1 Å². The van der Waals surface area contributed by atoms with Crippen LogP contribution in [0.5, 0.6) is 0 Å². The SMILES string of the molecule is NC(=S)CNC(=O)C(=O)N1CCCC1. The van der Waals surface area contributed by atoms with Crippen LogP contribution in [0.25, 0.3) is 0 Å². The lowest BCUT2D eigenvalue weighted by Crippen LogP contribution is -2.43. The predicted molar refractivity (Wildman–Crippen MR) is 55.6 cm³/mol. The fourth-order valence-electron chi connectivity index (χ4n) is 1.31. The van der Waals surface area contributed by atoms with Gasteiger partial charge in [-0.2, -0.15) is 0 Å². The van der Waals surface area contributed by atoms with Gasteiger partial charge in [0.05, 0.1) is 11.5 Å². The second-order valence-electron chi connectivity index (χ2n) is 3.15. The number of rotatable bonds is 2. The lowest BCUT2D eigenvalue weighted by Gasteiger charge is -2.13. The predicted octanol–water partition coefficient (Wildman–Crippen LogP) is -0.989. The normalized spacial score (nSPS) is 15.3. The Morgan fingerprint density at radius 2 is 1.93 bits per heavy atom. The lowest BCUT2D eigenvalue weighted by molar-refractivity contribution is -0.144. The molecule has 0 atom stereocenters. The monoisotopic (exact) mass is 215 g/mol. The molecule has 6 heteroatoms. The molecule has 14 heavy (non-hydrogen) atoms. The summed E-state index contributed by atoms with van der Waals surface area (Å²) in [6.45, 7) is 1.41. The van der Waals surface area contributed by atoms with Crippen molar-refractivity contribution in [2.75, 3.05) is 19.6 Å². The van der Waals surface area contributed by atoms with Crippen LogP contribution >= 0.6 is 12.2 Å². The number of hydrogen-bond acceptors (Lipinski definition) is 3. The molecule has 78 valence electrons. The van der Waals surface area contributed by atoms with Gasteiger partial charge >= 0.3 is 11.8 Å². The topological polar surface area (TPSA) is 75.4 Å². The zero-order valence-electron chi connectivity index (χ0n) is 7.78. The average Bonchev–Trinajstić information content (AvgIpc) is 2.65. The Morgan fingerprint density at radius 1 is 1.36 bits per heavy atom. The molecular formula is C8H13N3O2S. The van der Waals surface area contributed by atoms with Crippen LogP contribution in [-0.4, -0.2) is 41.3 Å². The lowest BCUT2D eigenvalue weighted by atomic mass is 10.4. The van der Waals surface area contributed by atoms with Gasteiger partial charge in [0, 0.05) is 13.1 Å². The summed E-state index contributed by atoms with van der Waals surface area (Å²) in [5, 5.41) is 2.36. The zero-order chi connectivity index (χ0) is 10.6. The Hall–Kier alpha value is -1.17. The van der Waals surface area contributed by atoms with Gasteiger partial charge in [0.2, 0.25) is 0 Å². The maximum Gasteiger partial charge on any atom is 0.311 e. The van der Waals surface area contributed by atoms with Crippen molar-refractivity contribution in [1.82, 2.24) is 10.2 Å². The summed E-state index contributed by atoms with van der Waals surface area (Å²) in [6.07, 6.45) is 1.93.